The number of carbonyl (C=O) groups is 1. The van der Waals surface area contributed by atoms with Crippen LogP contribution in [0.1, 0.15) is 27.2 Å². The molecule has 82 valence electrons. The van der Waals surface area contributed by atoms with Crippen LogP contribution in [0, 0.1) is 0 Å². The molecule has 0 aromatic carbocycles. The summed E-state index contributed by atoms with van der Waals surface area (Å²) in [5.41, 5.74) is 0.563. The van der Waals surface area contributed by atoms with Crippen LogP contribution in [-0.4, -0.2) is 37.2 Å². The van der Waals surface area contributed by atoms with Gasteiger partial charge in [0.25, 0.3) is 5.91 Å². The molecule has 3 nitrogen and oxygen atoms in total. The Morgan fingerprint density at radius 1 is 1.50 bits per heavy atom. The van der Waals surface area contributed by atoms with Crippen molar-refractivity contribution in [2.24, 2.45) is 0 Å². The smallest absolute Gasteiger partial charge is 0.250 e. The van der Waals surface area contributed by atoms with E-state index in [0.717, 1.165) is 17.4 Å². The highest BCUT2D eigenvalue weighted by atomic mass is 16.1. The predicted molar refractivity (Wildman–Crippen MR) is 59.7 cm³/mol. The first kappa shape index (κ1) is 13.2. The molecule has 0 spiro atoms. The molecule has 1 N–H and O–H groups in total. The molecule has 0 radical (unpaired) electrons. The Morgan fingerprint density at radius 2 is 2.00 bits per heavy atom. The summed E-state index contributed by atoms with van der Waals surface area (Å²) in [5.74, 6) is -0.0557. The molecular formula is C11H23N2O+. The largest absolute Gasteiger partial charge is 0.309 e. The molecule has 14 heavy (non-hydrogen) atoms. The van der Waals surface area contributed by atoms with Gasteiger partial charge < -0.3 is 9.80 Å². The highest BCUT2D eigenvalue weighted by molar-refractivity contribution is 5.92. The molecule has 0 bridgehead atoms. The van der Waals surface area contributed by atoms with Gasteiger partial charge in [0.05, 0.1) is 20.6 Å². The van der Waals surface area contributed by atoms with Crippen molar-refractivity contribution >= 4 is 5.91 Å². The average Bonchev–Trinajstić information content (AvgIpc) is 2.03. The van der Waals surface area contributed by atoms with Crippen LogP contribution >= 0.6 is 0 Å². The Labute approximate surface area is 87.4 Å². The third-order valence-electron chi connectivity index (χ3n) is 2.58. The van der Waals surface area contributed by atoms with E-state index in [2.05, 4.69) is 32.9 Å². The minimum absolute atomic E-state index is 0.0557. The van der Waals surface area contributed by atoms with Crippen molar-refractivity contribution in [2.45, 2.75) is 33.4 Å². The van der Waals surface area contributed by atoms with Gasteiger partial charge >= 0.3 is 0 Å². The zero-order valence-electron chi connectivity index (χ0n) is 10.1. The van der Waals surface area contributed by atoms with E-state index in [9.17, 15) is 4.79 Å². The molecule has 0 aliphatic heterocycles. The van der Waals surface area contributed by atoms with Crippen LogP contribution < -0.4 is 5.32 Å². The van der Waals surface area contributed by atoms with E-state index in [1.54, 1.807) is 6.92 Å². The summed E-state index contributed by atoms with van der Waals surface area (Å²) < 4.78 is 0.801. The minimum atomic E-state index is -0.0557. The summed E-state index contributed by atoms with van der Waals surface area (Å²) in [6.45, 7) is 10.6. The van der Waals surface area contributed by atoms with Gasteiger partial charge in [-0.25, -0.2) is 0 Å². The van der Waals surface area contributed by atoms with Gasteiger partial charge in [-0.05, 0) is 13.3 Å². The first-order valence-electron chi connectivity index (χ1n) is 5.10. The Kier molecular flexibility index (Phi) is 4.85. The molecule has 0 aliphatic rings. The van der Waals surface area contributed by atoms with Gasteiger partial charge in [-0.1, -0.05) is 13.5 Å². The summed E-state index contributed by atoms with van der Waals surface area (Å²) in [5, 5.41) is 2.94. The second-order valence-electron chi connectivity index (χ2n) is 4.43. The van der Waals surface area contributed by atoms with Gasteiger partial charge in [0, 0.05) is 12.5 Å². The van der Waals surface area contributed by atoms with E-state index in [-0.39, 0.29) is 12.1 Å². The molecule has 0 aromatic rings. The Morgan fingerprint density at radius 3 is 2.36 bits per heavy atom. The number of quaternary nitrogens is 1. The molecule has 0 heterocycles. The lowest BCUT2D eigenvalue weighted by molar-refractivity contribution is -0.915. The standard InChI is InChI=1S/C11H22N2O/c1-7-8-13(5,6)10(4)12-11(14)9(2)3/h10H,2,7-8H2,1,3-6H3/p+1. The fourth-order valence-corrected chi connectivity index (χ4v) is 1.26. The first-order valence-corrected chi connectivity index (χ1v) is 5.10. The molecule has 1 amide bonds. The highest BCUT2D eigenvalue weighted by Crippen LogP contribution is 2.05. The topological polar surface area (TPSA) is 29.1 Å². The number of rotatable bonds is 5. The van der Waals surface area contributed by atoms with E-state index < -0.39 is 0 Å². The number of carbonyl (C=O) groups excluding carboxylic acids is 1. The zero-order chi connectivity index (χ0) is 11.4. The molecule has 0 fully saturated rings. The minimum Gasteiger partial charge on any atom is -0.309 e. The van der Waals surface area contributed by atoms with Crippen molar-refractivity contribution in [2.75, 3.05) is 20.6 Å². The van der Waals surface area contributed by atoms with Crippen molar-refractivity contribution in [3.63, 3.8) is 0 Å². The van der Waals surface area contributed by atoms with Gasteiger partial charge in [0.15, 0.2) is 6.17 Å². The van der Waals surface area contributed by atoms with Crippen LogP contribution in [0.2, 0.25) is 0 Å². The second-order valence-corrected chi connectivity index (χ2v) is 4.43. The van der Waals surface area contributed by atoms with E-state index >= 15 is 0 Å². The molecule has 0 saturated heterocycles. The summed E-state index contributed by atoms with van der Waals surface area (Å²) in [4.78, 5) is 11.4. The Balaban J connectivity index is 4.26. The normalized spacial score (nSPS) is 13.5. The monoisotopic (exact) mass is 199 g/mol. The van der Waals surface area contributed by atoms with Crippen molar-refractivity contribution in [1.29, 1.82) is 0 Å². The predicted octanol–water partition coefficient (Wildman–Crippen LogP) is 1.51. The van der Waals surface area contributed by atoms with Crippen LogP contribution in [0.4, 0.5) is 0 Å². The zero-order valence-corrected chi connectivity index (χ0v) is 10.1. The quantitative estimate of drug-likeness (QED) is 0.406. The van der Waals surface area contributed by atoms with Crippen molar-refractivity contribution in [3.8, 4) is 0 Å². The summed E-state index contributed by atoms with van der Waals surface area (Å²) >= 11 is 0. The highest BCUT2D eigenvalue weighted by Gasteiger charge is 2.24. The third-order valence-corrected chi connectivity index (χ3v) is 2.58. The second kappa shape index (κ2) is 5.15. The van der Waals surface area contributed by atoms with Crippen LogP contribution in [0.3, 0.4) is 0 Å². The van der Waals surface area contributed by atoms with E-state index in [1.165, 1.54) is 0 Å². The lowest BCUT2D eigenvalue weighted by Crippen LogP contribution is -2.56. The molecule has 1 atom stereocenters. The molecule has 1 unspecified atom stereocenters. The lowest BCUT2D eigenvalue weighted by atomic mass is 10.3. The summed E-state index contributed by atoms with van der Waals surface area (Å²) in [6.07, 6.45) is 1.24. The number of nitrogens with one attached hydrogen (secondary N) is 1. The van der Waals surface area contributed by atoms with Gasteiger partial charge in [-0.2, -0.15) is 0 Å². The first-order chi connectivity index (χ1) is 6.31. The average molecular weight is 199 g/mol. The maximum Gasteiger partial charge on any atom is 0.250 e. The van der Waals surface area contributed by atoms with Gasteiger partial charge in [0.2, 0.25) is 0 Å². The molecule has 0 aromatic heterocycles. The molecular weight excluding hydrogens is 176 g/mol. The molecule has 3 heteroatoms. The lowest BCUT2D eigenvalue weighted by Gasteiger charge is -2.36. The van der Waals surface area contributed by atoms with E-state index in [4.69, 9.17) is 0 Å². The van der Waals surface area contributed by atoms with E-state index in [0.29, 0.717) is 5.57 Å². The number of hydrogen-bond acceptors (Lipinski definition) is 1. The maximum absolute atomic E-state index is 11.4. The Bertz CT molecular complexity index is 221. The van der Waals surface area contributed by atoms with Crippen LogP contribution in [-0.2, 0) is 4.79 Å². The molecule has 0 rings (SSSR count). The third kappa shape index (κ3) is 3.92. The van der Waals surface area contributed by atoms with Gasteiger partial charge in [-0.15, -0.1) is 0 Å². The Hall–Kier alpha value is -0.830. The van der Waals surface area contributed by atoms with Crippen LogP contribution in [0.15, 0.2) is 12.2 Å². The van der Waals surface area contributed by atoms with E-state index in [1.807, 2.05) is 6.92 Å². The van der Waals surface area contributed by atoms with Crippen LogP contribution in [0.5, 0.6) is 0 Å². The maximum atomic E-state index is 11.4. The fourth-order valence-electron chi connectivity index (χ4n) is 1.26. The number of hydrogen-bond donors (Lipinski definition) is 1. The molecule has 0 saturated carbocycles. The fraction of sp³-hybridized carbons (Fsp3) is 0.727. The number of amides is 1. The summed E-state index contributed by atoms with van der Waals surface area (Å²) in [7, 11) is 4.24. The van der Waals surface area contributed by atoms with Crippen molar-refractivity contribution in [3.05, 3.63) is 12.2 Å². The SMILES string of the molecule is C=C(C)C(=O)NC(C)[N+](C)(C)CCC. The number of nitrogens with zero attached hydrogens (tertiary/aromatic N) is 1. The van der Waals surface area contributed by atoms with Crippen molar-refractivity contribution < 1.29 is 9.28 Å². The summed E-state index contributed by atoms with van der Waals surface area (Å²) in [6, 6.07) is 0. The van der Waals surface area contributed by atoms with Gasteiger partial charge in [-0.3, -0.25) is 4.79 Å². The van der Waals surface area contributed by atoms with Crippen LogP contribution in [0.25, 0.3) is 0 Å². The van der Waals surface area contributed by atoms with Crippen molar-refractivity contribution in [1.82, 2.24) is 5.32 Å². The molecule has 0 aliphatic carbocycles. The van der Waals surface area contributed by atoms with Gasteiger partial charge in [0.1, 0.15) is 0 Å².